The number of aromatic nitrogens is 2. The summed E-state index contributed by atoms with van der Waals surface area (Å²) in [4.78, 5) is 43.9. The lowest BCUT2D eigenvalue weighted by Crippen LogP contribution is -2.38. The van der Waals surface area contributed by atoms with Gasteiger partial charge in [0.1, 0.15) is 11.9 Å². The Morgan fingerprint density at radius 1 is 0.957 bits per heavy atom. The number of ether oxygens (including phenoxy) is 1. The van der Waals surface area contributed by atoms with E-state index in [2.05, 4.69) is 23.9 Å². The third-order valence-electron chi connectivity index (χ3n) is 7.65. The summed E-state index contributed by atoms with van der Waals surface area (Å²) in [5, 5.41) is 3.39. The summed E-state index contributed by atoms with van der Waals surface area (Å²) in [6.07, 6.45) is -0.293. The normalized spacial score (nSPS) is 12.2. The van der Waals surface area contributed by atoms with Crippen molar-refractivity contribution in [2.75, 3.05) is 19.4 Å². The molecule has 0 radical (unpaired) electrons. The highest BCUT2D eigenvalue weighted by atomic mass is 19.4. The highest BCUT2D eigenvalue weighted by Crippen LogP contribution is 2.29. The van der Waals surface area contributed by atoms with Gasteiger partial charge in [-0.15, -0.1) is 0 Å². The first-order chi connectivity index (χ1) is 21.9. The maximum Gasteiger partial charge on any atom is 0.491 e. The predicted molar refractivity (Wildman–Crippen MR) is 171 cm³/mol. The van der Waals surface area contributed by atoms with E-state index in [4.69, 9.17) is 4.98 Å². The largest absolute Gasteiger partial charge is 0.491 e. The van der Waals surface area contributed by atoms with Crippen molar-refractivity contribution in [1.29, 1.82) is 0 Å². The number of hydrogen-bond acceptors (Lipinski definition) is 6. The molecule has 1 aromatic heterocycles. The number of nitrogens with one attached hydrogen (secondary N) is 1. The molecule has 4 rings (SSSR count). The number of amides is 1. The van der Waals surface area contributed by atoms with Crippen LogP contribution in [0.1, 0.15) is 67.7 Å². The Morgan fingerprint density at radius 2 is 1.67 bits per heavy atom. The molecule has 1 heterocycles. The van der Waals surface area contributed by atoms with Gasteiger partial charge in [-0.2, -0.15) is 13.2 Å². The molecule has 8 nitrogen and oxygen atoms in total. The van der Waals surface area contributed by atoms with E-state index in [1.54, 1.807) is 61.5 Å². The van der Waals surface area contributed by atoms with Gasteiger partial charge >= 0.3 is 18.1 Å². The molecule has 0 aliphatic rings. The van der Waals surface area contributed by atoms with E-state index in [0.717, 1.165) is 48.2 Å². The van der Waals surface area contributed by atoms with Crippen LogP contribution in [0.3, 0.4) is 0 Å². The summed E-state index contributed by atoms with van der Waals surface area (Å²) in [7, 11) is 3.46. The summed E-state index contributed by atoms with van der Waals surface area (Å²) >= 11 is 0. The fourth-order valence-corrected chi connectivity index (χ4v) is 5.25. The number of alkyl halides is 3. The highest BCUT2D eigenvalue weighted by Gasteiger charge is 2.42. The Morgan fingerprint density at radius 3 is 2.33 bits per heavy atom. The first kappa shape index (κ1) is 34.2. The van der Waals surface area contributed by atoms with Crippen LogP contribution < -0.4 is 5.32 Å². The van der Waals surface area contributed by atoms with E-state index in [1.165, 1.54) is 6.07 Å². The number of imidazole rings is 1. The fourth-order valence-electron chi connectivity index (χ4n) is 5.25. The zero-order valence-electron chi connectivity index (χ0n) is 26.5. The summed E-state index contributed by atoms with van der Waals surface area (Å²) in [5.74, 6) is -3.17. The second-order valence-corrected chi connectivity index (χ2v) is 11.4. The topological polar surface area (TPSA) is 93.5 Å². The number of benzene rings is 3. The zero-order chi connectivity index (χ0) is 33.4. The number of halogens is 3. The number of hydrogen-bond donors (Lipinski definition) is 1. The van der Waals surface area contributed by atoms with Gasteiger partial charge in [0, 0.05) is 32.7 Å². The number of rotatable bonds is 13. The lowest BCUT2D eigenvalue weighted by atomic mass is 9.97. The van der Waals surface area contributed by atoms with E-state index in [-0.39, 0.29) is 18.0 Å². The van der Waals surface area contributed by atoms with Crippen LogP contribution in [0.4, 0.5) is 18.9 Å². The van der Waals surface area contributed by atoms with Gasteiger partial charge in [-0.25, -0.2) is 14.6 Å². The first-order valence-corrected chi connectivity index (χ1v) is 15.4. The van der Waals surface area contributed by atoms with Gasteiger partial charge in [0.2, 0.25) is 5.91 Å². The molecule has 0 aliphatic heterocycles. The molecule has 1 atom stereocenters. The number of esters is 2. The van der Waals surface area contributed by atoms with Gasteiger partial charge in [-0.05, 0) is 53.8 Å². The fraction of sp³-hybridized carbons (Fsp3) is 0.371. The molecule has 3 aromatic carbocycles. The van der Waals surface area contributed by atoms with Crippen LogP contribution >= 0.6 is 0 Å². The summed E-state index contributed by atoms with van der Waals surface area (Å²) in [5.41, 5.74) is 3.65. The molecular formula is C35H39F3N4O4. The molecule has 1 amide bonds. The molecule has 0 spiro atoms. The number of likely N-dealkylation sites (N-methyl/N-ethyl adjacent to an activating group) is 1. The van der Waals surface area contributed by atoms with Crippen LogP contribution in [0.25, 0.3) is 22.2 Å². The van der Waals surface area contributed by atoms with Crippen LogP contribution in [0.15, 0.2) is 66.7 Å². The van der Waals surface area contributed by atoms with Crippen LogP contribution in [-0.2, 0) is 27.3 Å². The van der Waals surface area contributed by atoms with Crippen molar-refractivity contribution < 1.29 is 32.3 Å². The van der Waals surface area contributed by atoms with Crippen molar-refractivity contribution >= 4 is 34.6 Å². The molecule has 244 valence electrons. The Balaban J connectivity index is 1.76. The minimum atomic E-state index is -5.32. The molecule has 0 saturated heterocycles. The Kier molecular flexibility index (Phi) is 11.2. The first-order valence-electron chi connectivity index (χ1n) is 15.4. The summed E-state index contributed by atoms with van der Waals surface area (Å²) in [6, 6.07) is 18.9. The second-order valence-electron chi connectivity index (χ2n) is 11.4. The summed E-state index contributed by atoms with van der Waals surface area (Å²) in [6.45, 7) is 4.40. The number of unbranched alkanes of at least 4 members (excludes halogenated alkanes) is 2. The smallest absolute Gasteiger partial charge is 0.383 e. The number of aryl methyl sites for hydroxylation is 1. The minimum absolute atomic E-state index is 0.0207. The molecule has 11 heteroatoms. The molecular weight excluding hydrogens is 597 g/mol. The zero-order valence-corrected chi connectivity index (χ0v) is 26.5. The predicted octanol–water partition coefficient (Wildman–Crippen LogP) is 7.40. The minimum Gasteiger partial charge on any atom is -0.383 e. The van der Waals surface area contributed by atoms with E-state index < -0.39 is 24.2 Å². The number of carbonyl (C=O) groups excluding carboxylic acids is 3. The van der Waals surface area contributed by atoms with Gasteiger partial charge in [0.15, 0.2) is 0 Å². The Hall–Kier alpha value is -4.67. The van der Waals surface area contributed by atoms with Crippen molar-refractivity contribution in [3.05, 3.63) is 83.7 Å². The molecule has 0 fully saturated rings. The quantitative estimate of drug-likeness (QED) is 0.121. The van der Waals surface area contributed by atoms with Gasteiger partial charge < -0.3 is 19.5 Å². The van der Waals surface area contributed by atoms with Crippen molar-refractivity contribution in [2.45, 2.75) is 71.1 Å². The molecule has 1 N–H and O–H groups in total. The monoisotopic (exact) mass is 636 g/mol. The summed E-state index contributed by atoms with van der Waals surface area (Å²) < 4.78 is 45.2. The van der Waals surface area contributed by atoms with E-state index >= 15 is 0 Å². The molecule has 46 heavy (non-hydrogen) atoms. The van der Waals surface area contributed by atoms with Crippen molar-refractivity contribution in [3.63, 3.8) is 0 Å². The molecule has 0 bridgehead atoms. The molecule has 0 aliphatic carbocycles. The molecule has 0 saturated carbocycles. The van der Waals surface area contributed by atoms with Gasteiger partial charge in [0.05, 0.1) is 16.6 Å². The standard InChI is InChI=1S/C35H39F3N4O4/c1-5-7-14-29(32(43)41(3)4)39-25-17-19-28-30(21-25)42(31(40-28)15-8-6-2)22-23-16-18-26(24-12-10-9-11-13-24)27(20-23)33(44)46-34(45)35(36,37)38/h9-13,16-21,29,39H,5-8,14-15,22H2,1-4H3. The molecule has 4 aromatic rings. The lowest BCUT2D eigenvalue weighted by molar-refractivity contribution is -0.193. The van der Waals surface area contributed by atoms with E-state index in [1.807, 2.05) is 22.8 Å². The lowest BCUT2D eigenvalue weighted by Gasteiger charge is -2.22. The second kappa shape index (κ2) is 15.1. The van der Waals surface area contributed by atoms with Crippen LogP contribution in [-0.4, -0.2) is 58.6 Å². The van der Waals surface area contributed by atoms with Crippen molar-refractivity contribution in [2.24, 2.45) is 0 Å². The van der Waals surface area contributed by atoms with E-state index in [0.29, 0.717) is 29.5 Å². The van der Waals surface area contributed by atoms with E-state index in [9.17, 15) is 27.6 Å². The van der Waals surface area contributed by atoms with Crippen LogP contribution in [0, 0.1) is 0 Å². The highest BCUT2D eigenvalue weighted by molar-refractivity contribution is 6.03. The molecule has 1 unspecified atom stereocenters. The van der Waals surface area contributed by atoms with Gasteiger partial charge in [-0.1, -0.05) is 75.6 Å². The van der Waals surface area contributed by atoms with Crippen LogP contribution in [0.5, 0.6) is 0 Å². The number of nitrogens with zero attached hydrogens (tertiary/aromatic N) is 3. The van der Waals surface area contributed by atoms with Crippen molar-refractivity contribution in [1.82, 2.24) is 14.5 Å². The van der Waals surface area contributed by atoms with Gasteiger partial charge in [-0.3, -0.25) is 4.79 Å². The SMILES string of the molecule is CCCCc1nc2ccc(NC(CCCC)C(=O)N(C)C)cc2n1Cc1ccc(-c2ccccc2)c(C(=O)OC(=O)C(F)(F)F)c1. The van der Waals surface area contributed by atoms with Gasteiger partial charge in [0.25, 0.3) is 0 Å². The average Bonchev–Trinajstić information content (AvgIpc) is 3.37. The average molecular weight is 637 g/mol. The number of carbonyl (C=O) groups is 3. The Bertz CT molecular complexity index is 1680. The maximum atomic E-state index is 13.0. The third-order valence-corrected chi connectivity index (χ3v) is 7.65. The van der Waals surface area contributed by atoms with Crippen LogP contribution in [0.2, 0.25) is 0 Å². The number of anilines is 1. The third kappa shape index (κ3) is 8.32. The Labute approximate surface area is 266 Å². The maximum absolute atomic E-state index is 13.0. The number of fused-ring (bicyclic) bond motifs is 1. The van der Waals surface area contributed by atoms with Crippen molar-refractivity contribution in [3.8, 4) is 11.1 Å².